The molecule has 0 radical (unpaired) electrons. The highest BCUT2D eigenvalue weighted by Crippen LogP contribution is 2.27. The Kier molecular flexibility index (Phi) is 5.91. The van der Waals surface area contributed by atoms with E-state index in [-0.39, 0.29) is 10.9 Å². The van der Waals surface area contributed by atoms with Crippen molar-refractivity contribution in [3.05, 3.63) is 53.8 Å². The number of hydrazine groups is 1. The number of thiocarbonyl (C=S) groups is 1. The first-order valence-corrected chi connectivity index (χ1v) is 7.29. The summed E-state index contributed by atoms with van der Waals surface area (Å²) in [6.45, 7) is 0. The number of carbonyl (C=O) groups excluding carboxylic acids is 1. The van der Waals surface area contributed by atoms with Gasteiger partial charge in [-0.25, -0.2) is 4.39 Å². The largest absolute Gasteiger partial charge is 0.493 e. The summed E-state index contributed by atoms with van der Waals surface area (Å²) >= 11 is 5.05. The van der Waals surface area contributed by atoms with Crippen molar-refractivity contribution in [1.29, 1.82) is 0 Å². The van der Waals surface area contributed by atoms with E-state index in [1.807, 2.05) is 0 Å². The van der Waals surface area contributed by atoms with Crippen LogP contribution in [0.4, 0.5) is 10.1 Å². The van der Waals surface area contributed by atoms with Gasteiger partial charge in [-0.1, -0.05) is 0 Å². The van der Waals surface area contributed by atoms with Gasteiger partial charge in [-0.05, 0) is 54.7 Å². The van der Waals surface area contributed by atoms with Crippen LogP contribution in [0.15, 0.2) is 42.5 Å². The first-order valence-electron chi connectivity index (χ1n) is 6.88. The number of hydrogen-bond acceptors (Lipinski definition) is 4. The molecule has 3 N–H and O–H groups in total. The van der Waals surface area contributed by atoms with Crippen molar-refractivity contribution >= 4 is 28.9 Å². The van der Waals surface area contributed by atoms with Crippen LogP contribution in [-0.4, -0.2) is 25.2 Å². The van der Waals surface area contributed by atoms with E-state index in [9.17, 15) is 9.18 Å². The SMILES string of the molecule is COc1ccc(C(=O)NNC(=S)Nc2ccc(F)cc2)cc1OC. The van der Waals surface area contributed by atoms with Gasteiger partial charge in [0, 0.05) is 11.3 Å². The Morgan fingerprint density at radius 2 is 1.67 bits per heavy atom. The second-order valence-corrected chi connectivity index (χ2v) is 5.02. The van der Waals surface area contributed by atoms with Crippen LogP contribution in [0.3, 0.4) is 0 Å². The average molecular weight is 349 g/mol. The van der Waals surface area contributed by atoms with E-state index < -0.39 is 5.91 Å². The van der Waals surface area contributed by atoms with Gasteiger partial charge in [-0.15, -0.1) is 0 Å². The highest BCUT2D eigenvalue weighted by molar-refractivity contribution is 7.80. The van der Waals surface area contributed by atoms with Gasteiger partial charge in [-0.2, -0.15) is 0 Å². The van der Waals surface area contributed by atoms with Crippen LogP contribution >= 0.6 is 12.2 Å². The van der Waals surface area contributed by atoms with Crippen LogP contribution < -0.4 is 25.6 Å². The molecule has 0 unspecified atom stereocenters. The van der Waals surface area contributed by atoms with Crippen molar-refractivity contribution in [3.8, 4) is 11.5 Å². The van der Waals surface area contributed by atoms with Crippen molar-refractivity contribution in [2.75, 3.05) is 19.5 Å². The molecule has 8 heteroatoms. The Balaban J connectivity index is 1.92. The Morgan fingerprint density at radius 1 is 1.00 bits per heavy atom. The lowest BCUT2D eigenvalue weighted by molar-refractivity contribution is 0.0944. The van der Waals surface area contributed by atoms with Crippen molar-refractivity contribution in [1.82, 2.24) is 10.9 Å². The molecule has 0 saturated carbocycles. The Hall–Kier alpha value is -2.87. The van der Waals surface area contributed by atoms with Crippen molar-refractivity contribution in [2.45, 2.75) is 0 Å². The fourth-order valence-corrected chi connectivity index (χ4v) is 2.03. The minimum absolute atomic E-state index is 0.162. The third-order valence-corrected chi connectivity index (χ3v) is 3.24. The maximum absolute atomic E-state index is 12.8. The maximum Gasteiger partial charge on any atom is 0.269 e. The Labute approximate surface area is 143 Å². The summed E-state index contributed by atoms with van der Waals surface area (Å²) in [5.74, 6) is 0.216. The second-order valence-electron chi connectivity index (χ2n) is 4.61. The van der Waals surface area contributed by atoms with E-state index >= 15 is 0 Å². The summed E-state index contributed by atoms with van der Waals surface area (Å²) < 4.78 is 23.1. The number of amides is 1. The number of halogens is 1. The molecule has 2 aromatic rings. The summed E-state index contributed by atoms with van der Waals surface area (Å²) in [7, 11) is 3.00. The van der Waals surface area contributed by atoms with E-state index in [1.54, 1.807) is 18.2 Å². The molecule has 0 aliphatic carbocycles. The molecule has 126 valence electrons. The lowest BCUT2D eigenvalue weighted by Crippen LogP contribution is -2.43. The van der Waals surface area contributed by atoms with Crippen LogP contribution in [0.25, 0.3) is 0 Å². The molecule has 0 fully saturated rings. The Morgan fingerprint density at radius 3 is 2.29 bits per heavy atom. The summed E-state index contributed by atoms with van der Waals surface area (Å²) in [5, 5.41) is 2.97. The van der Waals surface area contributed by atoms with Gasteiger partial charge in [0.15, 0.2) is 16.6 Å². The molecule has 1 amide bonds. The molecule has 0 aromatic heterocycles. The molecular weight excluding hydrogens is 333 g/mol. The van der Waals surface area contributed by atoms with Gasteiger partial charge in [0.25, 0.3) is 5.91 Å². The summed E-state index contributed by atoms with van der Waals surface area (Å²) in [5.41, 5.74) is 5.98. The van der Waals surface area contributed by atoms with Crippen molar-refractivity contribution in [2.24, 2.45) is 0 Å². The van der Waals surface area contributed by atoms with Gasteiger partial charge in [0.2, 0.25) is 0 Å². The molecule has 2 rings (SSSR count). The van der Waals surface area contributed by atoms with Gasteiger partial charge in [-0.3, -0.25) is 15.6 Å². The van der Waals surface area contributed by atoms with Crippen LogP contribution in [0, 0.1) is 5.82 Å². The summed E-state index contributed by atoms with van der Waals surface area (Å²) in [4.78, 5) is 12.1. The molecule has 0 heterocycles. The number of rotatable bonds is 4. The maximum atomic E-state index is 12.8. The van der Waals surface area contributed by atoms with Crippen LogP contribution in [0.2, 0.25) is 0 Å². The molecule has 0 aliphatic rings. The minimum Gasteiger partial charge on any atom is -0.493 e. The number of ether oxygens (including phenoxy) is 2. The quantitative estimate of drug-likeness (QED) is 0.582. The molecule has 0 atom stereocenters. The predicted molar refractivity (Wildman–Crippen MR) is 92.8 cm³/mol. The number of anilines is 1. The van der Waals surface area contributed by atoms with E-state index in [0.29, 0.717) is 22.7 Å². The molecule has 0 saturated heterocycles. The highest BCUT2D eigenvalue weighted by Gasteiger charge is 2.10. The third kappa shape index (κ3) is 4.56. The summed E-state index contributed by atoms with van der Waals surface area (Å²) in [6.07, 6.45) is 0. The smallest absolute Gasteiger partial charge is 0.269 e. The lowest BCUT2D eigenvalue weighted by Gasteiger charge is -2.13. The molecular formula is C16H16FN3O3S. The fourth-order valence-electron chi connectivity index (χ4n) is 1.86. The van der Waals surface area contributed by atoms with Gasteiger partial charge >= 0.3 is 0 Å². The van der Waals surface area contributed by atoms with Crippen LogP contribution in [0.1, 0.15) is 10.4 Å². The predicted octanol–water partition coefficient (Wildman–Crippen LogP) is 2.47. The van der Waals surface area contributed by atoms with Crippen LogP contribution in [0.5, 0.6) is 11.5 Å². The highest BCUT2D eigenvalue weighted by atomic mass is 32.1. The van der Waals surface area contributed by atoms with Gasteiger partial charge in [0.1, 0.15) is 5.82 Å². The zero-order valence-electron chi connectivity index (χ0n) is 13.1. The molecule has 0 spiro atoms. The average Bonchev–Trinajstić information content (AvgIpc) is 2.61. The van der Waals surface area contributed by atoms with Gasteiger partial charge in [0.05, 0.1) is 14.2 Å². The standard InChI is InChI=1S/C16H16FN3O3S/c1-22-13-8-3-10(9-14(13)23-2)15(21)19-20-16(24)18-12-6-4-11(17)5-7-12/h3-9H,1-2H3,(H,19,21)(H2,18,20,24). The van der Waals surface area contributed by atoms with Crippen molar-refractivity contribution < 1.29 is 18.7 Å². The van der Waals surface area contributed by atoms with Gasteiger partial charge < -0.3 is 14.8 Å². The number of methoxy groups -OCH3 is 2. The van der Waals surface area contributed by atoms with E-state index in [0.717, 1.165) is 0 Å². The molecule has 24 heavy (non-hydrogen) atoms. The number of nitrogens with one attached hydrogen (secondary N) is 3. The number of carbonyl (C=O) groups is 1. The fraction of sp³-hybridized carbons (Fsp3) is 0.125. The monoisotopic (exact) mass is 349 g/mol. The molecule has 6 nitrogen and oxygen atoms in total. The molecule has 0 bridgehead atoms. The van der Waals surface area contributed by atoms with Crippen LogP contribution in [-0.2, 0) is 0 Å². The minimum atomic E-state index is -0.404. The van der Waals surface area contributed by atoms with E-state index in [1.165, 1.54) is 38.5 Å². The Bertz CT molecular complexity index is 738. The number of hydrogen-bond donors (Lipinski definition) is 3. The first-order chi connectivity index (χ1) is 11.5. The summed E-state index contributed by atoms with van der Waals surface area (Å²) in [6, 6.07) is 10.4. The topological polar surface area (TPSA) is 71.6 Å². The second kappa shape index (κ2) is 8.11. The van der Waals surface area contributed by atoms with E-state index in [4.69, 9.17) is 21.7 Å². The first kappa shape index (κ1) is 17.5. The molecule has 0 aliphatic heterocycles. The molecule has 2 aromatic carbocycles. The normalized spacial score (nSPS) is 9.79. The number of benzene rings is 2. The third-order valence-electron chi connectivity index (χ3n) is 3.04. The van der Waals surface area contributed by atoms with E-state index in [2.05, 4.69) is 16.2 Å². The van der Waals surface area contributed by atoms with Crippen molar-refractivity contribution in [3.63, 3.8) is 0 Å². The zero-order chi connectivity index (χ0) is 17.5. The lowest BCUT2D eigenvalue weighted by atomic mass is 10.2. The zero-order valence-corrected chi connectivity index (χ0v) is 13.9.